The van der Waals surface area contributed by atoms with Crippen molar-refractivity contribution < 1.29 is 9.53 Å². The van der Waals surface area contributed by atoms with Crippen LogP contribution in [0.4, 0.5) is 0 Å². The Labute approximate surface area is 175 Å². The monoisotopic (exact) mass is 425 g/mol. The highest BCUT2D eigenvalue weighted by molar-refractivity contribution is 7.98. The van der Waals surface area contributed by atoms with E-state index in [9.17, 15) is 4.79 Å². The Morgan fingerprint density at radius 2 is 1.81 bits per heavy atom. The van der Waals surface area contributed by atoms with Crippen molar-refractivity contribution in [1.29, 1.82) is 0 Å². The predicted octanol–water partition coefficient (Wildman–Crippen LogP) is 5.82. The standard InChI is InChI=1S/C21H25Cl2NO2S/c1-4-20(26-17-10-14(2)9-15(3)11-17)21(25)24-7-8-27-13-16-5-6-18(22)19(23)12-16/h5-6,9-12,20H,4,7-8,13H2,1-3H3,(H,24,25). The highest BCUT2D eigenvalue weighted by Crippen LogP contribution is 2.24. The van der Waals surface area contributed by atoms with Gasteiger partial charge in [0.05, 0.1) is 10.0 Å². The number of amides is 1. The van der Waals surface area contributed by atoms with Gasteiger partial charge in [-0.2, -0.15) is 11.8 Å². The van der Waals surface area contributed by atoms with Crippen LogP contribution in [0.25, 0.3) is 0 Å². The lowest BCUT2D eigenvalue weighted by Gasteiger charge is -2.18. The second-order valence-electron chi connectivity index (χ2n) is 6.43. The number of hydrogen-bond acceptors (Lipinski definition) is 3. The molecule has 1 atom stereocenters. The minimum atomic E-state index is -0.480. The first kappa shape index (κ1) is 21.9. The lowest BCUT2D eigenvalue weighted by Crippen LogP contribution is -2.39. The average molecular weight is 426 g/mol. The van der Waals surface area contributed by atoms with Crippen LogP contribution in [-0.2, 0) is 10.5 Å². The van der Waals surface area contributed by atoms with Crippen molar-refractivity contribution in [3.8, 4) is 5.75 Å². The summed E-state index contributed by atoms with van der Waals surface area (Å²) in [5.74, 6) is 2.30. The minimum absolute atomic E-state index is 0.0770. The van der Waals surface area contributed by atoms with Crippen molar-refractivity contribution in [2.45, 2.75) is 39.0 Å². The molecule has 2 aromatic rings. The molecule has 0 aliphatic carbocycles. The largest absolute Gasteiger partial charge is 0.481 e. The third-order valence-corrected chi connectivity index (χ3v) is 5.70. The van der Waals surface area contributed by atoms with Gasteiger partial charge in [0.2, 0.25) is 0 Å². The van der Waals surface area contributed by atoms with Gasteiger partial charge in [-0.05, 0) is 61.2 Å². The molecule has 0 fully saturated rings. The van der Waals surface area contributed by atoms with Gasteiger partial charge in [0, 0.05) is 18.1 Å². The van der Waals surface area contributed by atoms with E-state index in [-0.39, 0.29) is 5.91 Å². The fourth-order valence-corrected chi connectivity index (χ4v) is 3.79. The molecule has 0 aliphatic rings. The highest BCUT2D eigenvalue weighted by atomic mass is 35.5. The van der Waals surface area contributed by atoms with Gasteiger partial charge < -0.3 is 10.1 Å². The number of halogens is 2. The van der Waals surface area contributed by atoms with E-state index in [2.05, 4.69) is 11.4 Å². The number of aryl methyl sites for hydroxylation is 2. The number of carbonyl (C=O) groups excluding carboxylic acids is 1. The summed E-state index contributed by atoms with van der Waals surface area (Å²) in [6.45, 7) is 6.58. The molecule has 2 rings (SSSR count). The van der Waals surface area contributed by atoms with Crippen molar-refractivity contribution >= 4 is 40.9 Å². The van der Waals surface area contributed by atoms with Crippen LogP contribution in [-0.4, -0.2) is 24.3 Å². The van der Waals surface area contributed by atoms with E-state index in [4.69, 9.17) is 27.9 Å². The second-order valence-corrected chi connectivity index (χ2v) is 8.35. The zero-order valence-electron chi connectivity index (χ0n) is 15.9. The maximum absolute atomic E-state index is 12.4. The predicted molar refractivity (Wildman–Crippen MR) is 116 cm³/mol. The molecule has 27 heavy (non-hydrogen) atoms. The van der Waals surface area contributed by atoms with Crippen LogP contribution in [0.5, 0.6) is 5.75 Å². The molecule has 1 N–H and O–H groups in total. The molecule has 0 aromatic heterocycles. The van der Waals surface area contributed by atoms with Gasteiger partial charge >= 0.3 is 0 Å². The Bertz CT molecular complexity index is 763. The van der Waals surface area contributed by atoms with Gasteiger partial charge in [0.25, 0.3) is 5.91 Å². The number of hydrogen-bond donors (Lipinski definition) is 1. The molecule has 0 saturated carbocycles. The Morgan fingerprint density at radius 1 is 1.11 bits per heavy atom. The van der Waals surface area contributed by atoms with Crippen LogP contribution >= 0.6 is 35.0 Å². The minimum Gasteiger partial charge on any atom is -0.481 e. The van der Waals surface area contributed by atoms with Crippen LogP contribution in [0.1, 0.15) is 30.0 Å². The van der Waals surface area contributed by atoms with Crippen molar-refractivity contribution in [2.24, 2.45) is 0 Å². The maximum Gasteiger partial charge on any atom is 0.261 e. The fourth-order valence-electron chi connectivity index (χ4n) is 2.67. The highest BCUT2D eigenvalue weighted by Gasteiger charge is 2.18. The molecule has 0 aliphatic heterocycles. The van der Waals surface area contributed by atoms with Crippen molar-refractivity contribution in [2.75, 3.05) is 12.3 Å². The Balaban J connectivity index is 1.75. The zero-order chi connectivity index (χ0) is 19.8. The molecule has 6 heteroatoms. The summed E-state index contributed by atoms with van der Waals surface area (Å²) in [4.78, 5) is 12.4. The average Bonchev–Trinajstić information content (AvgIpc) is 2.61. The number of rotatable bonds is 9. The molecule has 0 heterocycles. The van der Waals surface area contributed by atoms with Gasteiger partial charge in [-0.15, -0.1) is 0 Å². The molecule has 0 spiro atoms. The van der Waals surface area contributed by atoms with Gasteiger partial charge in [0.1, 0.15) is 5.75 Å². The maximum atomic E-state index is 12.4. The van der Waals surface area contributed by atoms with Crippen LogP contribution < -0.4 is 10.1 Å². The zero-order valence-corrected chi connectivity index (χ0v) is 18.2. The SMILES string of the molecule is CCC(Oc1cc(C)cc(C)c1)C(=O)NCCSCc1ccc(Cl)c(Cl)c1. The summed E-state index contributed by atoms with van der Waals surface area (Å²) in [5, 5.41) is 4.09. The van der Waals surface area contributed by atoms with Crippen LogP contribution in [0.15, 0.2) is 36.4 Å². The molecule has 0 bridgehead atoms. The van der Waals surface area contributed by atoms with E-state index >= 15 is 0 Å². The number of benzene rings is 2. The molecule has 0 radical (unpaired) electrons. The number of nitrogens with one attached hydrogen (secondary N) is 1. The number of thioether (sulfide) groups is 1. The molecule has 146 valence electrons. The summed E-state index contributed by atoms with van der Waals surface area (Å²) >= 11 is 13.7. The van der Waals surface area contributed by atoms with Gasteiger partial charge in [-0.25, -0.2) is 0 Å². The fraction of sp³-hybridized carbons (Fsp3) is 0.381. The van der Waals surface area contributed by atoms with Gasteiger partial charge in [0.15, 0.2) is 6.10 Å². The van der Waals surface area contributed by atoms with Crippen LogP contribution in [0, 0.1) is 13.8 Å². The first-order valence-corrected chi connectivity index (χ1v) is 10.8. The van der Waals surface area contributed by atoms with E-state index in [1.807, 2.05) is 45.0 Å². The van der Waals surface area contributed by atoms with E-state index in [1.54, 1.807) is 17.8 Å². The smallest absolute Gasteiger partial charge is 0.261 e. The topological polar surface area (TPSA) is 38.3 Å². The first-order chi connectivity index (χ1) is 12.9. The molecule has 1 amide bonds. The summed E-state index contributed by atoms with van der Waals surface area (Å²) < 4.78 is 5.89. The summed E-state index contributed by atoms with van der Waals surface area (Å²) in [6, 6.07) is 11.6. The van der Waals surface area contributed by atoms with E-state index in [0.717, 1.165) is 33.9 Å². The quantitative estimate of drug-likeness (QED) is 0.514. The van der Waals surface area contributed by atoms with Crippen molar-refractivity contribution in [3.63, 3.8) is 0 Å². The Hall–Kier alpha value is -1.36. The Morgan fingerprint density at radius 3 is 2.44 bits per heavy atom. The first-order valence-electron chi connectivity index (χ1n) is 8.93. The Kier molecular flexibility index (Phi) is 8.81. The molecule has 0 saturated heterocycles. The third-order valence-electron chi connectivity index (χ3n) is 3.94. The van der Waals surface area contributed by atoms with Crippen molar-refractivity contribution in [1.82, 2.24) is 5.32 Å². The number of ether oxygens (including phenoxy) is 1. The van der Waals surface area contributed by atoms with Crippen LogP contribution in [0.2, 0.25) is 10.0 Å². The van der Waals surface area contributed by atoms with Crippen LogP contribution in [0.3, 0.4) is 0 Å². The normalized spacial score (nSPS) is 11.9. The van der Waals surface area contributed by atoms with Gasteiger partial charge in [-0.1, -0.05) is 42.3 Å². The van der Waals surface area contributed by atoms with E-state index < -0.39 is 6.10 Å². The second kappa shape index (κ2) is 10.8. The number of carbonyl (C=O) groups is 1. The molecular weight excluding hydrogens is 401 g/mol. The molecule has 1 unspecified atom stereocenters. The van der Waals surface area contributed by atoms with E-state index in [0.29, 0.717) is 23.0 Å². The van der Waals surface area contributed by atoms with Gasteiger partial charge in [-0.3, -0.25) is 4.79 Å². The molecule has 2 aromatic carbocycles. The molecule has 3 nitrogen and oxygen atoms in total. The third kappa shape index (κ3) is 7.28. The summed E-state index contributed by atoms with van der Waals surface area (Å²) in [5.41, 5.74) is 3.36. The van der Waals surface area contributed by atoms with Crippen molar-refractivity contribution in [3.05, 3.63) is 63.1 Å². The molecular formula is C21H25Cl2NO2S. The summed E-state index contributed by atoms with van der Waals surface area (Å²) in [6.07, 6.45) is 0.140. The van der Waals surface area contributed by atoms with E-state index in [1.165, 1.54) is 0 Å². The summed E-state index contributed by atoms with van der Waals surface area (Å²) in [7, 11) is 0. The lowest BCUT2D eigenvalue weighted by atomic mass is 10.1. The lowest BCUT2D eigenvalue weighted by molar-refractivity contribution is -0.127.